The van der Waals surface area contributed by atoms with Gasteiger partial charge in [-0.15, -0.1) is 24.0 Å². The Morgan fingerprint density at radius 2 is 2.00 bits per heavy atom. The maximum absolute atomic E-state index is 10.8. The molecule has 0 radical (unpaired) electrons. The average Bonchev–Trinajstić information content (AvgIpc) is 2.68. The van der Waals surface area contributed by atoms with Crippen LogP contribution in [-0.2, 0) is 11.3 Å². The Hall–Kier alpha value is -1.46. The number of guanidine groups is 1. The van der Waals surface area contributed by atoms with E-state index in [-0.39, 0.29) is 29.7 Å². The Morgan fingerprint density at radius 3 is 2.57 bits per heavy atom. The molecule has 1 aromatic carbocycles. The zero-order valence-corrected chi connectivity index (χ0v) is 19.1. The van der Waals surface area contributed by atoms with Crippen LogP contribution in [0.4, 0.5) is 5.69 Å². The van der Waals surface area contributed by atoms with E-state index in [0.29, 0.717) is 25.7 Å². The second-order valence-electron chi connectivity index (χ2n) is 6.77. The van der Waals surface area contributed by atoms with Crippen molar-refractivity contribution in [3.05, 3.63) is 39.9 Å². The van der Waals surface area contributed by atoms with Gasteiger partial charge in [0.25, 0.3) is 5.69 Å². The maximum atomic E-state index is 10.8. The molecule has 9 heteroatoms. The zero-order chi connectivity index (χ0) is 19.5. The van der Waals surface area contributed by atoms with Crippen LogP contribution in [0.25, 0.3) is 0 Å². The van der Waals surface area contributed by atoms with Gasteiger partial charge >= 0.3 is 0 Å². The highest BCUT2D eigenvalue weighted by atomic mass is 127. The van der Waals surface area contributed by atoms with Crippen LogP contribution in [0.2, 0.25) is 0 Å². The largest absolute Gasteiger partial charge is 0.383 e. The summed E-state index contributed by atoms with van der Waals surface area (Å²) in [5, 5.41) is 17.6. The lowest BCUT2D eigenvalue weighted by atomic mass is 10.1. The number of likely N-dealkylation sites (tertiary alicyclic amines) is 1. The molecule has 158 valence electrons. The summed E-state index contributed by atoms with van der Waals surface area (Å²) in [5.41, 5.74) is 1.03. The number of hydrogen-bond acceptors (Lipinski definition) is 5. The quantitative estimate of drug-likeness (QED) is 0.134. The Bertz CT molecular complexity index is 604. The van der Waals surface area contributed by atoms with Crippen LogP contribution in [0.5, 0.6) is 0 Å². The second kappa shape index (κ2) is 13.7. The molecule has 1 heterocycles. The number of nitro groups is 1. The fourth-order valence-corrected chi connectivity index (χ4v) is 3.13. The molecule has 28 heavy (non-hydrogen) atoms. The summed E-state index contributed by atoms with van der Waals surface area (Å²) in [6.45, 7) is 7.35. The Labute approximate surface area is 184 Å². The molecule has 0 amide bonds. The lowest BCUT2D eigenvalue weighted by Crippen LogP contribution is -2.49. The van der Waals surface area contributed by atoms with Gasteiger partial charge in [-0.3, -0.25) is 10.1 Å². The molecule has 0 unspecified atom stereocenters. The molecule has 2 N–H and O–H groups in total. The van der Waals surface area contributed by atoms with E-state index < -0.39 is 4.92 Å². The standard InChI is InChI=1S/C19H31N5O3.HI/c1-3-11-23-12-8-17(9-13-23)22-19(20-10-14-27-2)21-15-16-4-6-18(7-5-16)24(25)26;/h4-7,17H,3,8-15H2,1-2H3,(H2,20,21,22);1H. The summed E-state index contributed by atoms with van der Waals surface area (Å²) >= 11 is 0. The molecular weight excluding hydrogens is 473 g/mol. The monoisotopic (exact) mass is 505 g/mol. The van der Waals surface area contributed by atoms with Gasteiger partial charge in [-0.05, 0) is 31.4 Å². The van der Waals surface area contributed by atoms with E-state index in [1.807, 2.05) is 0 Å². The highest BCUT2D eigenvalue weighted by molar-refractivity contribution is 14.0. The predicted octanol–water partition coefficient (Wildman–Crippen LogP) is 2.77. The van der Waals surface area contributed by atoms with Gasteiger partial charge in [0.2, 0.25) is 0 Å². The first-order valence-corrected chi connectivity index (χ1v) is 9.61. The van der Waals surface area contributed by atoms with Crippen LogP contribution >= 0.6 is 24.0 Å². The number of piperidine rings is 1. The molecule has 0 saturated carbocycles. The first-order chi connectivity index (χ1) is 13.1. The van der Waals surface area contributed by atoms with Crippen molar-refractivity contribution in [1.29, 1.82) is 0 Å². The van der Waals surface area contributed by atoms with E-state index in [2.05, 4.69) is 27.4 Å². The number of hydrogen-bond donors (Lipinski definition) is 2. The maximum Gasteiger partial charge on any atom is 0.269 e. The van der Waals surface area contributed by atoms with Crippen molar-refractivity contribution in [3.63, 3.8) is 0 Å². The summed E-state index contributed by atoms with van der Waals surface area (Å²) in [5.74, 6) is 0.763. The van der Waals surface area contributed by atoms with Gasteiger partial charge < -0.3 is 20.3 Å². The van der Waals surface area contributed by atoms with Gasteiger partial charge in [0.05, 0.1) is 18.1 Å². The van der Waals surface area contributed by atoms with E-state index in [9.17, 15) is 10.1 Å². The third-order valence-electron chi connectivity index (χ3n) is 4.63. The molecule has 0 bridgehead atoms. The van der Waals surface area contributed by atoms with Gasteiger partial charge in [0.1, 0.15) is 0 Å². The Kier molecular flexibility index (Phi) is 12.0. The van der Waals surface area contributed by atoms with Crippen LogP contribution in [0.15, 0.2) is 29.3 Å². The average molecular weight is 505 g/mol. The number of nitro benzene ring substituents is 1. The Balaban J connectivity index is 0.00000392. The van der Waals surface area contributed by atoms with Gasteiger partial charge in [-0.25, -0.2) is 4.99 Å². The number of non-ortho nitro benzene ring substituents is 1. The van der Waals surface area contributed by atoms with Crippen LogP contribution < -0.4 is 10.6 Å². The second-order valence-corrected chi connectivity index (χ2v) is 6.77. The minimum atomic E-state index is -0.392. The zero-order valence-electron chi connectivity index (χ0n) is 16.7. The summed E-state index contributed by atoms with van der Waals surface area (Å²) < 4.78 is 5.11. The lowest BCUT2D eigenvalue weighted by Gasteiger charge is -2.32. The number of ether oxygens (including phenoxy) is 1. The van der Waals surface area contributed by atoms with Crippen molar-refractivity contribution >= 4 is 35.6 Å². The molecule has 0 spiro atoms. The highest BCUT2D eigenvalue weighted by Gasteiger charge is 2.19. The molecule has 0 aliphatic carbocycles. The lowest BCUT2D eigenvalue weighted by molar-refractivity contribution is -0.384. The third-order valence-corrected chi connectivity index (χ3v) is 4.63. The number of benzene rings is 1. The molecule has 0 aromatic heterocycles. The van der Waals surface area contributed by atoms with Crippen LogP contribution in [-0.4, -0.2) is 61.7 Å². The van der Waals surface area contributed by atoms with Crippen LogP contribution in [0.1, 0.15) is 31.7 Å². The smallest absolute Gasteiger partial charge is 0.269 e. The third kappa shape index (κ3) is 8.70. The molecule has 1 fully saturated rings. The topological polar surface area (TPSA) is 92.0 Å². The van der Waals surface area contributed by atoms with Crippen molar-refractivity contribution in [2.75, 3.05) is 39.9 Å². The van der Waals surface area contributed by atoms with Gasteiger partial charge in [0.15, 0.2) is 5.96 Å². The van der Waals surface area contributed by atoms with E-state index in [4.69, 9.17) is 4.74 Å². The summed E-state index contributed by atoms with van der Waals surface area (Å²) in [4.78, 5) is 17.5. The minimum absolute atomic E-state index is 0. The molecular formula is C19H32IN5O3. The predicted molar refractivity (Wildman–Crippen MR) is 122 cm³/mol. The first kappa shape index (κ1) is 24.6. The van der Waals surface area contributed by atoms with Crippen LogP contribution in [0, 0.1) is 10.1 Å². The van der Waals surface area contributed by atoms with E-state index >= 15 is 0 Å². The van der Waals surface area contributed by atoms with Crippen molar-refractivity contribution in [1.82, 2.24) is 15.5 Å². The number of aliphatic imine (C=N–C) groups is 1. The highest BCUT2D eigenvalue weighted by Crippen LogP contribution is 2.13. The van der Waals surface area contributed by atoms with Gasteiger partial charge in [-0.1, -0.05) is 19.1 Å². The molecule has 2 rings (SSSR count). The van der Waals surface area contributed by atoms with Crippen molar-refractivity contribution in [2.24, 2.45) is 4.99 Å². The van der Waals surface area contributed by atoms with E-state index in [1.165, 1.54) is 25.1 Å². The molecule has 1 aliphatic heterocycles. The SMILES string of the molecule is CCCN1CCC(NC(=NCc2ccc([N+](=O)[O-])cc2)NCCOC)CC1.I. The summed E-state index contributed by atoms with van der Waals surface area (Å²) in [6.07, 6.45) is 3.39. The summed E-state index contributed by atoms with van der Waals surface area (Å²) in [6, 6.07) is 6.93. The van der Waals surface area contributed by atoms with Crippen molar-refractivity contribution < 1.29 is 9.66 Å². The molecule has 1 saturated heterocycles. The molecule has 0 atom stereocenters. The molecule has 1 aromatic rings. The number of halogens is 1. The van der Waals surface area contributed by atoms with E-state index in [0.717, 1.165) is 37.5 Å². The first-order valence-electron chi connectivity index (χ1n) is 9.61. The van der Waals surface area contributed by atoms with Crippen molar-refractivity contribution in [2.45, 2.75) is 38.8 Å². The van der Waals surface area contributed by atoms with Crippen LogP contribution in [0.3, 0.4) is 0 Å². The molecule has 8 nitrogen and oxygen atoms in total. The normalized spacial score (nSPS) is 15.7. The minimum Gasteiger partial charge on any atom is -0.383 e. The number of methoxy groups -OCH3 is 1. The van der Waals surface area contributed by atoms with Crippen molar-refractivity contribution in [3.8, 4) is 0 Å². The fourth-order valence-electron chi connectivity index (χ4n) is 3.13. The Morgan fingerprint density at radius 1 is 1.32 bits per heavy atom. The fraction of sp³-hybridized carbons (Fsp3) is 0.632. The van der Waals surface area contributed by atoms with Gasteiger partial charge in [0, 0.05) is 44.9 Å². The van der Waals surface area contributed by atoms with E-state index in [1.54, 1.807) is 19.2 Å². The summed E-state index contributed by atoms with van der Waals surface area (Å²) in [7, 11) is 1.67. The molecule has 1 aliphatic rings. The number of nitrogens with zero attached hydrogens (tertiary/aromatic N) is 3. The van der Waals surface area contributed by atoms with Gasteiger partial charge in [-0.2, -0.15) is 0 Å². The number of nitrogens with one attached hydrogen (secondary N) is 2. The number of rotatable bonds is 9.